The van der Waals surface area contributed by atoms with Crippen LogP contribution < -0.4 is 5.32 Å². The number of nitrogens with one attached hydrogen (secondary N) is 1. The third-order valence-corrected chi connectivity index (χ3v) is 2.88. The number of hydrogen-bond acceptors (Lipinski definition) is 1. The van der Waals surface area contributed by atoms with Crippen LogP contribution in [0.25, 0.3) is 0 Å². The van der Waals surface area contributed by atoms with Crippen LogP contribution in [0.1, 0.15) is 59.3 Å². The standard InChI is InChI=1S/C13H25N/c1-11(14-13(2,3)4)12-9-7-5-6-8-10-12/h12,14H,1,5-10H2,2-4H3. The van der Waals surface area contributed by atoms with Crippen LogP contribution in [-0.4, -0.2) is 5.54 Å². The number of rotatable bonds is 2. The van der Waals surface area contributed by atoms with E-state index in [0.29, 0.717) is 0 Å². The van der Waals surface area contributed by atoms with E-state index in [2.05, 4.69) is 32.7 Å². The molecule has 0 saturated heterocycles. The van der Waals surface area contributed by atoms with Crippen molar-refractivity contribution < 1.29 is 0 Å². The van der Waals surface area contributed by atoms with Crippen LogP contribution in [0.4, 0.5) is 0 Å². The average molecular weight is 195 g/mol. The SMILES string of the molecule is C=C(NC(C)(C)C)C1CCCCCC1. The van der Waals surface area contributed by atoms with Crippen molar-refractivity contribution in [2.24, 2.45) is 5.92 Å². The van der Waals surface area contributed by atoms with Gasteiger partial charge in [-0.3, -0.25) is 0 Å². The van der Waals surface area contributed by atoms with Crippen LogP contribution in [0.3, 0.4) is 0 Å². The summed E-state index contributed by atoms with van der Waals surface area (Å²) >= 11 is 0. The van der Waals surface area contributed by atoms with E-state index in [1.165, 1.54) is 44.2 Å². The molecule has 0 unspecified atom stereocenters. The zero-order chi connectivity index (χ0) is 10.6. The lowest BCUT2D eigenvalue weighted by molar-refractivity contribution is 0.409. The molecule has 1 aliphatic rings. The summed E-state index contributed by atoms with van der Waals surface area (Å²) < 4.78 is 0. The monoisotopic (exact) mass is 195 g/mol. The van der Waals surface area contributed by atoms with Gasteiger partial charge in [0.25, 0.3) is 0 Å². The van der Waals surface area contributed by atoms with E-state index in [9.17, 15) is 0 Å². The molecule has 1 aliphatic carbocycles. The Labute approximate surface area is 89.0 Å². The summed E-state index contributed by atoms with van der Waals surface area (Å²) in [5, 5.41) is 3.52. The third kappa shape index (κ3) is 4.17. The van der Waals surface area contributed by atoms with E-state index in [1.54, 1.807) is 0 Å². The highest BCUT2D eigenvalue weighted by Gasteiger charge is 2.18. The molecule has 82 valence electrons. The van der Waals surface area contributed by atoms with Crippen molar-refractivity contribution in [1.82, 2.24) is 5.32 Å². The minimum absolute atomic E-state index is 0.170. The van der Waals surface area contributed by atoms with E-state index in [1.807, 2.05) is 0 Å². The zero-order valence-electron chi connectivity index (χ0n) is 10.0. The Bertz CT molecular complexity index is 180. The molecule has 1 fully saturated rings. The lowest BCUT2D eigenvalue weighted by Crippen LogP contribution is -2.37. The summed E-state index contributed by atoms with van der Waals surface area (Å²) in [6.07, 6.45) is 8.27. The van der Waals surface area contributed by atoms with Gasteiger partial charge in [-0.1, -0.05) is 32.3 Å². The van der Waals surface area contributed by atoms with Gasteiger partial charge in [-0.05, 0) is 39.5 Å². The Kier molecular flexibility index (Phi) is 4.03. The van der Waals surface area contributed by atoms with Crippen molar-refractivity contribution in [3.8, 4) is 0 Å². The fraction of sp³-hybridized carbons (Fsp3) is 0.846. The topological polar surface area (TPSA) is 12.0 Å². The van der Waals surface area contributed by atoms with Crippen LogP contribution in [0, 0.1) is 5.92 Å². The summed E-state index contributed by atoms with van der Waals surface area (Å²) in [5.74, 6) is 0.719. The van der Waals surface area contributed by atoms with E-state index >= 15 is 0 Å². The van der Waals surface area contributed by atoms with Gasteiger partial charge >= 0.3 is 0 Å². The number of hydrogen-bond donors (Lipinski definition) is 1. The maximum atomic E-state index is 4.19. The van der Waals surface area contributed by atoms with Crippen molar-refractivity contribution >= 4 is 0 Å². The fourth-order valence-electron chi connectivity index (χ4n) is 2.21. The molecule has 1 N–H and O–H groups in total. The molecule has 0 atom stereocenters. The lowest BCUT2D eigenvalue weighted by Gasteiger charge is -2.28. The van der Waals surface area contributed by atoms with Gasteiger partial charge < -0.3 is 5.32 Å². The number of allylic oxidation sites excluding steroid dienone is 1. The molecule has 1 nitrogen and oxygen atoms in total. The Balaban J connectivity index is 2.42. The molecule has 0 aliphatic heterocycles. The van der Waals surface area contributed by atoms with E-state index in [0.717, 1.165) is 5.92 Å². The van der Waals surface area contributed by atoms with E-state index in [4.69, 9.17) is 0 Å². The lowest BCUT2D eigenvalue weighted by atomic mass is 9.95. The molecule has 0 amide bonds. The summed E-state index contributed by atoms with van der Waals surface area (Å²) in [4.78, 5) is 0. The highest BCUT2D eigenvalue weighted by Crippen LogP contribution is 2.27. The molecule has 0 heterocycles. The predicted octanol–water partition coefficient (Wildman–Crippen LogP) is 3.86. The molecule has 14 heavy (non-hydrogen) atoms. The second-order valence-corrected chi connectivity index (χ2v) is 5.59. The van der Waals surface area contributed by atoms with Crippen LogP contribution in [0.5, 0.6) is 0 Å². The highest BCUT2D eigenvalue weighted by molar-refractivity contribution is 5.02. The molecule has 1 saturated carbocycles. The quantitative estimate of drug-likeness (QED) is 0.660. The van der Waals surface area contributed by atoms with Gasteiger partial charge in [-0.15, -0.1) is 0 Å². The Morgan fingerprint density at radius 2 is 1.57 bits per heavy atom. The molecular formula is C13H25N. The molecule has 1 heteroatoms. The highest BCUT2D eigenvalue weighted by atomic mass is 15.0. The van der Waals surface area contributed by atoms with Crippen molar-refractivity contribution in [3.63, 3.8) is 0 Å². The van der Waals surface area contributed by atoms with Crippen molar-refractivity contribution in [2.45, 2.75) is 64.8 Å². The van der Waals surface area contributed by atoms with Gasteiger partial charge in [0, 0.05) is 11.2 Å². The third-order valence-electron chi connectivity index (χ3n) is 2.88. The van der Waals surface area contributed by atoms with Gasteiger partial charge in [0.1, 0.15) is 0 Å². The predicted molar refractivity (Wildman–Crippen MR) is 63.2 cm³/mol. The minimum atomic E-state index is 0.170. The van der Waals surface area contributed by atoms with Gasteiger partial charge in [0.2, 0.25) is 0 Å². The van der Waals surface area contributed by atoms with Crippen LogP contribution >= 0.6 is 0 Å². The Hall–Kier alpha value is -0.460. The maximum absolute atomic E-state index is 4.19. The molecule has 0 aromatic rings. The first-order valence-electron chi connectivity index (χ1n) is 5.96. The average Bonchev–Trinajstić information content (AvgIpc) is 2.27. The summed E-state index contributed by atoms with van der Waals surface area (Å²) in [7, 11) is 0. The first-order chi connectivity index (χ1) is 6.49. The van der Waals surface area contributed by atoms with Gasteiger partial charge in [0.05, 0.1) is 0 Å². The first-order valence-corrected chi connectivity index (χ1v) is 5.96. The molecule has 0 spiro atoms. The van der Waals surface area contributed by atoms with Crippen molar-refractivity contribution in [3.05, 3.63) is 12.3 Å². The molecular weight excluding hydrogens is 170 g/mol. The van der Waals surface area contributed by atoms with Gasteiger partial charge in [-0.2, -0.15) is 0 Å². The van der Waals surface area contributed by atoms with Gasteiger partial charge in [0.15, 0.2) is 0 Å². The molecule has 1 rings (SSSR count). The van der Waals surface area contributed by atoms with Crippen molar-refractivity contribution in [2.75, 3.05) is 0 Å². The minimum Gasteiger partial charge on any atom is -0.384 e. The smallest absolute Gasteiger partial charge is 0.0286 e. The largest absolute Gasteiger partial charge is 0.384 e. The van der Waals surface area contributed by atoms with Gasteiger partial charge in [-0.25, -0.2) is 0 Å². The van der Waals surface area contributed by atoms with Crippen molar-refractivity contribution in [1.29, 1.82) is 0 Å². The second kappa shape index (κ2) is 4.86. The maximum Gasteiger partial charge on any atom is 0.0286 e. The Morgan fingerprint density at radius 1 is 1.07 bits per heavy atom. The second-order valence-electron chi connectivity index (χ2n) is 5.59. The normalized spacial score (nSPS) is 20.2. The van der Waals surface area contributed by atoms with Crippen LogP contribution in [0.2, 0.25) is 0 Å². The molecule has 0 aromatic heterocycles. The van der Waals surface area contributed by atoms with E-state index < -0.39 is 0 Å². The van der Waals surface area contributed by atoms with Crippen LogP contribution in [0.15, 0.2) is 12.3 Å². The zero-order valence-corrected chi connectivity index (χ0v) is 10.0. The summed E-state index contributed by atoms with van der Waals surface area (Å²) in [5.41, 5.74) is 1.43. The molecule has 0 aromatic carbocycles. The summed E-state index contributed by atoms with van der Waals surface area (Å²) in [6, 6.07) is 0. The summed E-state index contributed by atoms with van der Waals surface area (Å²) in [6.45, 7) is 10.8. The van der Waals surface area contributed by atoms with E-state index in [-0.39, 0.29) is 5.54 Å². The molecule has 0 radical (unpaired) electrons. The fourth-order valence-corrected chi connectivity index (χ4v) is 2.21. The molecule has 0 bridgehead atoms. The first kappa shape index (κ1) is 11.6. The Morgan fingerprint density at radius 3 is 2.00 bits per heavy atom. The van der Waals surface area contributed by atoms with Crippen LogP contribution in [-0.2, 0) is 0 Å².